The molecule has 0 spiro atoms. The van der Waals surface area contributed by atoms with Gasteiger partial charge in [0.25, 0.3) is 11.5 Å². The van der Waals surface area contributed by atoms with Gasteiger partial charge in [0.15, 0.2) is 17.3 Å². The molecule has 1 saturated carbocycles. The number of aromatic nitrogens is 7. The second-order valence-electron chi connectivity index (χ2n) is 15.6. The molecule has 2 fully saturated rings. The van der Waals surface area contributed by atoms with Gasteiger partial charge >= 0.3 is 6.18 Å². The molecule has 24 heteroatoms. The van der Waals surface area contributed by atoms with Crippen LogP contribution in [-0.2, 0) is 51.7 Å². The van der Waals surface area contributed by atoms with Crippen molar-refractivity contribution < 1.29 is 48.7 Å². The molecule has 326 valence electrons. The number of piperidine rings is 1. The van der Waals surface area contributed by atoms with E-state index >= 15 is 8.78 Å². The summed E-state index contributed by atoms with van der Waals surface area (Å²) < 4.78 is 133. The van der Waals surface area contributed by atoms with E-state index in [9.17, 15) is 44.8 Å². The highest BCUT2D eigenvalue weighted by Crippen LogP contribution is 2.68. The van der Waals surface area contributed by atoms with Gasteiger partial charge in [-0.05, 0) is 48.2 Å². The second-order valence-corrected chi connectivity index (χ2v) is 17.8. The number of nitrogens with zero attached hydrogens (tertiary/aromatic N) is 8. The molecule has 4 aromatic heterocycles. The van der Waals surface area contributed by atoms with Gasteiger partial charge in [-0.3, -0.25) is 33.0 Å². The summed E-state index contributed by atoms with van der Waals surface area (Å²) in [6.07, 6.45) is -3.01. The van der Waals surface area contributed by atoms with Crippen LogP contribution in [0, 0.1) is 17.6 Å². The first kappa shape index (κ1) is 41.4. The van der Waals surface area contributed by atoms with E-state index in [-0.39, 0.29) is 69.4 Å². The van der Waals surface area contributed by atoms with Crippen LogP contribution in [0.2, 0.25) is 5.02 Å². The molecular weight excluding hydrogens is 877 g/mol. The number of fused-ring (bicyclic) bond motifs is 5. The van der Waals surface area contributed by atoms with Crippen molar-refractivity contribution in [1.29, 1.82) is 0 Å². The number of amides is 1. The summed E-state index contributed by atoms with van der Waals surface area (Å²) in [4.78, 5) is 42.9. The average Bonchev–Trinajstić information content (AvgIpc) is 3.40. The zero-order chi connectivity index (χ0) is 44.4. The van der Waals surface area contributed by atoms with Crippen LogP contribution >= 0.6 is 11.6 Å². The Hall–Kier alpha value is -5.97. The third-order valence-electron chi connectivity index (χ3n) is 11.3. The molecule has 0 unspecified atom stereocenters. The Bertz CT molecular complexity index is 3040. The fourth-order valence-corrected chi connectivity index (χ4v) is 9.36. The lowest BCUT2D eigenvalue weighted by Gasteiger charge is -2.26. The Morgan fingerprint density at radius 3 is 2.39 bits per heavy atom. The first-order valence-electron chi connectivity index (χ1n) is 18.9. The smallest absolute Gasteiger partial charge is 0.369 e. The summed E-state index contributed by atoms with van der Waals surface area (Å²) in [6, 6.07) is 5.06. The van der Waals surface area contributed by atoms with Gasteiger partial charge in [0.1, 0.15) is 35.2 Å². The number of carbonyl (C=O) groups excluding carboxylic acids is 2. The molecule has 0 radical (unpaired) electrons. The van der Waals surface area contributed by atoms with Crippen molar-refractivity contribution >= 4 is 61.2 Å². The normalized spacial score (nSPS) is 18.9. The van der Waals surface area contributed by atoms with Crippen LogP contribution in [-0.4, -0.2) is 73.2 Å². The molecule has 3 aliphatic rings. The van der Waals surface area contributed by atoms with Crippen molar-refractivity contribution in [3.63, 3.8) is 0 Å². The number of nitrogens with one attached hydrogen (secondary N) is 2. The quantitative estimate of drug-likeness (QED) is 0.172. The van der Waals surface area contributed by atoms with E-state index < -0.39 is 93.0 Å². The maximum Gasteiger partial charge on any atom is 0.435 e. The van der Waals surface area contributed by atoms with Crippen LogP contribution < -0.4 is 20.5 Å². The number of rotatable bonds is 10. The number of halogens is 8. The fourth-order valence-electron chi connectivity index (χ4n) is 8.63. The van der Waals surface area contributed by atoms with Crippen LogP contribution in [0.1, 0.15) is 59.6 Å². The van der Waals surface area contributed by atoms with Crippen LogP contribution in [0.5, 0.6) is 0 Å². The highest BCUT2D eigenvalue weighted by molar-refractivity contribution is 7.92. The molecule has 5 heterocycles. The Morgan fingerprint density at radius 2 is 1.73 bits per heavy atom. The number of sulfonamides is 1. The number of hydrogen-bond donors (Lipinski definition) is 2. The predicted molar refractivity (Wildman–Crippen MR) is 208 cm³/mol. The van der Waals surface area contributed by atoms with E-state index in [2.05, 4.69) is 20.2 Å². The number of ketones is 1. The summed E-state index contributed by atoms with van der Waals surface area (Å²) in [5.74, 6) is -9.95. The first-order chi connectivity index (χ1) is 29.1. The predicted octanol–water partition coefficient (Wildman–Crippen LogP) is 5.37. The van der Waals surface area contributed by atoms with Gasteiger partial charge in [-0.25, -0.2) is 21.7 Å². The lowest BCUT2D eigenvalue weighted by Crippen LogP contribution is -2.38. The van der Waals surface area contributed by atoms with E-state index in [0.717, 1.165) is 23.0 Å². The Labute approximate surface area is 350 Å². The minimum absolute atomic E-state index is 0.00392. The lowest BCUT2D eigenvalue weighted by molar-refractivity contribution is -0.142. The summed E-state index contributed by atoms with van der Waals surface area (Å²) in [6.45, 7) is -0.531. The number of hydrogen-bond acceptors (Lipinski definition) is 9. The number of benzene rings is 2. The highest BCUT2D eigenvalue weighted by Gasteiger charge is 2.68. The molecule has 3 atom stereocenters. The molecule has 6 aromatic rings. The van der Waals surface area contributed by atoms with Gasteiger partial charge in [-0.2, -0.15) is 37.2 Å². The molecule has 15 nitrogen and oxygen atoms in total. The number of Topliss-reactive ketones (excluding diaryl/α,β-unsaturated/α-hetero) is 1. The fraction of sp³-hybridized carbons (Fsp3) is 0.368. The van der Waals surface area contributed by atoms with Crippen molar-refractivity contribution in [2.45, 2.75) is 56.3 Å². The van der Waals surface area contributed by atoms with E-state index in [1.807, 2.05) is 4.90 Å². The van der Waals surface area contributed by atoms with Crippen LogP contribution in [0.3, 0.4) is 0 Å². The maximum atomic E-state index is 15.5. The molecule has 0 bridgehead atoms. The second kappa shape index (κ2) is 14.3. The maximum absolute atomic E-state index is 15.5. The number of anilines is 2. The standard InChI is InChI=1S/C38H32ClF7N10O5S/c1-52-31-26(4-3-24(39)30(31)34(49-52)51-62(2,60)61)56-35(50-54-15-20(13-27(54)36(56)59)53-7-5-21(57)6-8-53)25(11-17-9-18(40)12-19(41)10-17)47-28(58)16-55-33-29(32(48-55)38(44,45)46)22-14-23(22)37(33,42)43/h3-4,9-10,12-13,15,22-23,25H,5-8,11,14,16H2,1-2H3,(H,47,58)(H,49,51)/t22-,23+,25-/m0/s1. The average molecular weight is 909 g/mol. The zero-order valence-corrected chi connectivity index (χ0v) is 33.8. The van der Waals surface area contributed by atoms with E-state index in [1.165, 1.54) is 40.6 Å². The minimum atomic E-state index is -5.12. The molecule has 62 heavy (non-hydrogen) atoms. The van der Waals surface area contributed by atoms with Crippen molar-refractivity contribution in [1.82, 2.24) is 39.1 Å². The highest BCUT2D eigenvalue weighted by atomic mass is 35.5. The number of carbonyl (C=O) groups is 2. The van der Waals surface area contributed by atoms with Crippen molar-refractivity contribution in [3.05, 3.63) is 97.9 Å². The van der Waals surface area contributed by atoms with Gasteiger partial charge in [0, 0.05) is 56.9 Å². The Morgan fingerprint density at radius 1 is 1.03 bits per heavy atom. The number of alkyl halides is 5. The summed E-state index contributed by atoms with van der Waals surface area (Å²) in [5.41, 5.74) is -3.69. The molecule has 1 aliphatic heterocycles. The summed E-state index contributed by atoms with van der Waals surface area (Å²) in [7, 11) is -2.52. The zero-order valence-electron chi connectivity index (χ0n) is 32.3. The van der Waals surface area contributed by atoms with Crippen molar-refractivity contribution in [2.24, 2.45) is 13.0 Å². The molecular formula is C38H32ClF7N10O5S. The first-order valence-corrected chi connectivity index (χ1v) is 21.2. The monoisotopic (exact) mass is 908 g/mol. The van der Waals surface area contributed by atoms with Gasteiger partial charge in [-0.1, -0.05) is 11.6 Å². The van der Waals surface area contributed by atoms with E-state index in [1.54, 1.807) is 0 Å². The number of aryl methyl sites for hydroxylation is 1. The summed E-state index contributed by atoms with van der Waals surface area (Å²) >= 11 is 6.60. The van der Waals surface area contributed by atoms with Crippen molar-refractivity contribution in [3.8, 4) is 5.69 Å². The van der Waals surface area contributed by atoms with E-state index in [4.69, 9.17) is 16.7 Å². The molecule has 9 rings (SSSR count). The van der Waals surface area contributed by atoms with Crippen LogP contribution in [0.15, 0.2) is 47.4 Å². The van der Waals surface area contributed by atoms with Gasteiger partial charge < -0.3 is 10.2 Å². The van der Waals surface area contributed by atoms with Gasteiger partial charge in [-0.15, -0.1) is 0 Å². The summed E-state index contributed by atoms with van der Waals surface area (Å²) in [5, 5.41) is 15.0. The Kier molecular flexibility index (Phi) is 9.54. The molecule has 2 aliphatic carbocycles. The Balaban J connectivity index is 1.23. The molecule has 1 amide bonds. The van der Waals surface area contributed by atoms with Crippen LogP contribution in [0.4, 0.5) is 42.2 Å². The SMILES string of the molecule is Cn1nc(NS(C)(=O)=O)c2c(Cl)ccc(-n3c([C@H](Cc4cc(F)cc(F)c4)NC(=O)Cn4nc(C(F)(F)F)c5c4C(F)(F)[C@@H]4C[C@H]54)nn4cc(N5CCC(=O)CC5)cc4c3=O)c21. The lowest BCUT2D eigenvalue weighted by atomic mass is 10.0. The molecule has 2 aromatic carbocycles. The van der Waals surface area contributed by atoms with Crippen LogP contribution in [0.25, 0.3) is 22.1 Å². The largest absolute Gasteiger partial charge is 0.435 e. The third-order valence-corrected chi connectivity index (χ3v) is 12.2. The van der Waals surface area contributed by atoms with E-state index in [0.29, 0.717) is 29.5 Å². The van der Waals surface area contributed by atoms with Crippen molar-refractivity contribution in [2.75, 3.05) is 29.0 Å². The topological polar surface area (TPSA) is 171 Å². The minimum Gasteiger partial charge on any atom is -0.369 e. The van der Waals surface area contributed by atoms with Gasteiger partial charge in [0.2, 0.25) is 15.9 Å². The van der Waals surface area contributed by atoms with Gasteiger partial charge in [0.05, 0.1) is 45.8 Å². The molecule has 1 saturated heterocycles. The molecule has 2 N–H and O–H groups in total. The third kappa shape index (κ3) is 7.13.